The Morgan fingerprint density at radius 3 is 2.71 bits per heavy atom. The molecule has 0 radical (unpaired) electrons. The minimum Gasteiger partial charge on any atom is -0.454 e. The maximum Gasteiger partial charge on any atom is 0.166 e. The van der Waals surface area contributed by atoms with E-state index in [0.29, 0.717) is 17.2 Å². The molecule has 0 fully saturated rings. The first-order chi connectivity index (χ1) is 10.0. The molecule has 0 aromatic heterocycles. The monoisotopic (exact) mass is 307 g/mol. The van der Waals surface area contributed by atoms with E-state index in [4.69, 9.17) is 22.1 Å². The second-order valence-electron chi connectivity index (χ2n) is 5.11. The number of hydrogen-bond acceptors (Lipinski definition) is 2. The Labute approximate surface area is 129 Å². The SMILES string of the molecule is CCC(N)Cc1cccc(F)c1Oc1ccc(Cl)c(C)c1. The zero-order valence-electron chi connectivity index (χ0n) is 12.2. The molecule has 1 unspecified atom stereocenters. The molecule has 0 bridgehead atoms. The summed E-state index contributed by atoms with van der Waals surface area (Å²) < 4.78 is 19.8. The van der Waals surface area contributed by atoms with Gasteiger partial charge in [-0.05, 0) is 55.2 Å². The molecular weight excluding hydrogens is 289 g/mol. The fourth-order valence-electron chi connectivity index (χ4n) is 2.05. The lowest BCUT2D eigenvalue weighted by atomic mass is 10.0. The van der Waals surface area contributed by atoms with E-state index in [1.165, 1.54) is 6.07 Å². The van der Waals surface area contributed by atoms with Gasteiger partial charge in [0, 0.05) is 11.1 Å². The summed E-state index contributed by atoms with van der Waals surface area (Å²) in [7, 11) is 0. The molecule has 0 saturated carbocycles. The third-order valence-corrected chi connectivity index (χ3v) is 3.83. The fourth-order valence-corrected chi connectivity index (χ4v) is 2.17. The fraction of sp³-hybridized carbons (Fsp3) is 0.294. The van der Waals surface area contributed by atoms with Crippen molar-refractivity contribution in [3.8, 4) is 11.5 Å². The molecule has 0 spiro atoms. The predicted octanol–water partition coefficient (Wildman–Crippen LogP) is 4.86. The van der Waals surface area contributed by atoms with Gasteiger partial charge >= 0.3 is 0 Å². The molecule has 2 rings (SSSR count). The Bertz CT molecular complexity index is 630. The molecule has 0 aliphatic carbocycles. The van der Waals surface area contributed by atoms with Crippen molar-refractivity contribution < 1.29 is 9.13 Å². The van der Waals surface area contributed by atoms with Crippen LogP contribution in [0.3, 0.4) is 0 Å². The number of nitrogens with two attached hydrogens (primary N) is 1. The average Bonchev–Trinajstić information content (AvgIpc) is 2.46. The maximum absolute atomic E-state index is 14.1. The Morgan fingerprint density at radius 2 is 2.05 bits per heavy atom. The van der Waals surface area contributed by atoms with Gasteiger partial charge in [-0.2, -0.15) is 0 Å². The van der Waals surface area contributed by atoms with Gasteiger partial charge < -0.3 is 10.5 Å². The van der Waals surface area contributed by atoms with Crippen LogP contribution in [0.4, 0.5) is 4.39 Å². The van der Waals surface area contributed by atoms with Gasteiger partial charge in [-0.3, -0.25) is 0 Å². The van der Waals surface area contributed by atoms with Gasteiger partial charge in [0.15, 0.2) is 11.6 Å². The van der Waals surface area contributed by atoms with Gasteiger partial charge in [0.05, 0.1) is 0 Å². The normalized spacial score (nSPS) is 12.2. The Morgan fingerprint density at radius 1 is 1.29 bits per heavy atom. The van der Waals surface area contributed by atoms with E-state index in [1.54, 1.807) is 24.3 Å². The highest BCUT2D eigenvalue weighted by atomic mass is 35.5. The van der Waals surface area contributed by atoms with Crippen molar-refractivity contribution in [2.75, 3.05) is 0 Å². The van der Waals surface area contributed by atoms with Gasteiger partial charge in [-0.25, -0.2) is 4.39 Å². The first-order valence-electron chi connectivity index (χ1n) is 6.98. The zero-order valence-corrected chi connectivity index (χ0v) is 13.0. The molecule has 0 saturated heterocycles. The second kappa shape index (κ2) is 6.92. The molecule has 2 N–H and O–H groups in total. The quantitative estimate of drug-likeness (QED) is 0.856. The van der Waals surface area contributed by atoms with Crippen LogP contribution in [-0.2, 0) is 6.42 Å². The molecule has 21 heavy (non-hydrogen) atoms. The van der Waals surface area contributed by atoms with E-state index in [9.17, 15) is 4.39 Å². The van der Waals surface area contributed by atoms with Crippen molar-refractivity contribution in [1.82, 2.24) is 0 Å². The minimum atomic E-state index is -0.386. The van der Waals surface area contributed by atoms with Crippen LogP contribution in [-0.4, -0.2) is 6.04 Å². The lowest BCUT2D eigenvalue weighted by molar-refractivity contribution is 0.433. The van der Waals surface area contributed by atoms with Crippen LogP contribution in [0, 0.1) is 12.7 Å². The molecular formula is C17H19ClFNO. The van der Waals surface area contributed by atoms with Gasteiger partial charge in [0.2, 0.25) is 0 Å². The molecule has 0 aliphatic heterocycles. The summed E-state index contributed by atoms with van der Waals surface area (Å²) >= 11 is 5.99. The lowest BCUT2D eigenvalue weighted by Crippen LogP contribution is -2.21. The lowest BCUT2D eigenvalue weighted by Gasteiger charge is -2.15. The first-order valence-corrected chi connectivity index (χ1v) is 7.36. The molecule has 112 valence electrons. The van der Waals surface area contributed by atoms with E-state index in [2.05, 4.69) is 0 Å². The summed E-state index contributed by atoms with van der Waals surface area (Å²) in [5, 5.41) is 0.657. The topological polar surface area (TPSA) is 35.2 Å². The maximum atomic E-state index is 14.1. The van der Waals surface area contributed by atoms with Crippen LogP contribution >= 0.6 is 11.6 Å². The van der Waals surface area contributed by atoms with E-state index in [-0.39, 0.29) is 17.6 Å². The van der Waals surface area contributed by atoms with Gasteiger partial charge in [0.1, 0.15) is 5.75 Å². The highest BCUT2D eigenvalue weighted by Crippen LogP contribution is 2.31. The smallest absolute Gasteiger partial charge is 0.166 e. The number of para-hydroxylation sites is 1. The summed E-state index contributed by atoms with van der Waals surface area (Å²) in [6.45, 7) is 3.89. The third kappa shape index (κ3) is 3.96. The summed E-state index contributed by atoms with van der Waals surface area (Å²) in [5.74, 6) is 0.417. The van der Waals surface area contributed by atoms with E-state index in [0.717, 1.165) is 17.5 Å². The van der Waals surface area contributed by atoms with Crippen LogP contribution in [0.2, 0.25) is 5.02 Å². The number of halogens is 2. The van der Waals surface area contributed by atoms with E-state index in [1.807, 2.05) is 19.9 Å². The molecule has 4 heteroatoms. The van der Waals surface area contributed by atoms with E-state index < -0.39 is 0 Å². The standard InChI is InChI=1S/C17H19ClFNO/c1-3-13(20)10-12-5-4-6-16(19)17(12)21-14-7-8-15(18)11(2)9-14/h4-9,13H,3,10,20H2,1-2H3. The molecule has 2 aromatic carbocycles. The Balaban J connectivity index is 2.31. The van der Waals surface area contributed by atoms with Crippen molar-refractivity contribution >= 4 is 11.6 Å². The van der Waals surface area contributed by atoms with Crippen molar-refractivity contribution in [2.45, 2.75) is 32.7 Å². The predicted molar refractivity (Wildman–Crippen MR) is 84.6 cm³/mol. The Kier molecular flexibility index (Phi) is 5.21. The van der Waals surface area contributed by atoms with Gasteiger partial charge in [0.25, 0.3) is 0 Å². The third-order valence-electron chi connectivity index (χ3n) is 3.40. The number of rotatable bonds is 5. The molecule has 0 amide bonds. The second-order valence-corrected chi connectivity index (χ2v) is 5.52. The highest BCUT2D eigenvalue weighted by molar-refractivity contribution is 6.31. The van der Waals surface area contributed by atoms with Crippen LogP contribution in [0.25, 0.3) is 0 Å². The summed E-state index contributed by atoms with van der Waals surface area (Å²) in [6.07, 6.45) is 1.41. The molecule has 1 atom stereocenters. The first kappa shape index (κ1) is 15.8. The van der Waals surface area contributed by atoms with Crippen LogP contribution in [0.1, 0.15) is 24.5 Å². The van der Waals surface area contributed by atoms with Crippen molar-refractivity contribution in [2.24, 2.45) is 5.73 Å². The number of benzene rings is 2. The van der Waals surface area contributed by atoms with Crippen LogP contribution in [0.15, 0.2) is 36.4 Å². The summed E-state index contributed by atoms with van der Waals surface area (Å²) in [5.41, 5.74) is 7.63. The molecule has 0 aliphatic rings. The summed E-state index contributed by atoms with van der Waals surface area (Å²) in [4.78, 5) is 0. The van der Waals surface area contributed by atoms with Crippen molar-refractivity contribution in [1.29, 1.82) is 0 Å². The zero-order chi connectivity index (χ0) is 15.4. The minimum absolute atomic E-state index is 0.0129. The summed E-state index contributed by atoms with van der Waals surface area (Å²) in [6, 6.07) is 10.2. The number of ether oxygens (including phenoxy) is 1. The van der Waals surface area contributed by atoms with Crippen LogP contribution in [0.5, 0.6) is 11.5 Å². The molecule has 2 nitrogen and oxygen atoms in total. The van der Waals surface area contributed by atoms with E-state index >= 15 is 0 Å². The van der Waals surface area contributed by atoms with Crippen molar-refractivity contribution in [3.63, 3.8) is 0 Å². The number of aryl methyl sites for hydroxylation is 1. The largest absolute Gasteiger partial charge is 0.454 e. The average molecular weight is 308 g/mol. The van der Waals surface area contributed by atoms with Gasteiger partial charge in [-0.1, -0.05) is 30.7 Å². The Hall–Kier alpha value is -1.58. The number of hydrogen-bond donors (Lipinski definition) is 1. The van der Waals surface area contributed by atoms with Gasteiger partial charge in [-0.15, -0.1) is 0 Å². The molecule has 2 aromatic rings. The molecule has 0 heterocycles. The van der Waals surface area contributed by atoms with Crippen molar-refractivity contribution in [3.05, 3.63) is 58.4 Å². The highest BCUT2D eigenvalue weighted by Gasteiger charge is 2.13. The van der Waals surface area contributed by atoms with Crippen LogP contribution < -0.4 is 10.5 Å².